The van der Waals surface area contributed by atoms with Gasteiger partial charge in [-0.25, -0.2) is 0 Å². The number of aliphatic hydroxyl groups is 1. The molecular formula is C14H10BrCl2IO. The van der Waals surface area contributed by atoms with Crippen molar-refractivity contribution in [1.82, 2.24) is 0 Å². The molecule has 0 saturated carbocycles. The molecule has 19 heavy (non-hydrogen) atoms. The minimum Gasteiger partial charge on any atom is -0.388 e. The van der Waals surface area contributed by atoms with Crippen LogP contribution < -0.4 is 0 Å². The van der Waals surface area contributed by atoms with E-state index >= 15 is 0 Å². The summed E-state index contributed by atoms with van der Waals surface area (Å²) in [7, 11) is 0. The van der Waals surface area contributed by atoms with Gasteiger partial charge in [0.2, 0.25) is 0 Å². The highest BCUT2D eigenvalue weighted by molar-refractivity contribution is 14.1. The van der Waals surface area contributed by atoms with Crippen molar-refractivity contribution in [3.8, 4) is 0 Å². The van der Waals surface area contributed by atoms with E-state index < -0.39 is 6.10 Å². The molecule has 2 aromatic rings. The SMILES string of the molecule is OC(Cc1ccc(Br)cc1Cl)c1ccc(I)c(Cl)c1. The van der Waals surface area contributed by atoms with E-state index in [-0.39, 0.29) is 0 Å². The maximum atomic E-state index is 10.3. The summed E-state index contributed by atoms with van der Waals surface area (Å²) in [6.07, 6.45) is -0.156. The molecule has 0 fully saturated rings. The maximum absolute atomic E-state index is 10.3. The number of aliphatic hydroxyl groups excluding tert-OH is 1. The van der Waals surface area contributed by atoms with E-state index in [4.69, 9.17) is 23.2 Å². The fraction of sp³-hybridized carbons (Fsp3) is 0.143. The quantitative estimate of drug-likeness (QED) is 0.575. The maximum Gasteiger partial charge on any atom is 0.0831 e. The van der Waals surface area contributed by atoms with Crippen LogP contribution >= 0.6 is 61.7 Å². The van der Waals surface area contributed by atoms with Crippen LogP contribution in [0.5, 0.6) is 0 Å². The largest absolute Gasteiger partial charge is 0.388 e. The summed E-state index contributed by atoms with van der Waals surface area (Å²) in [5.74, 6) is 0. The highest BCUT2D eigenvalue weighted by atomic mass is 127. The molecule has 0 aliphatic heterocycles. The molecule has 5 heteroatoms. The first-order valence-electron chi connectivity index (χ1n) is 5.54. The third-order valence-electron chi connectivity index (χ3n) is 2.76. The molecule has 0 aliphatic rings. The third kappa shape index (κ3) is 4.08. The first-order valence-corrected chi connectivity index (χ1v) is 8.17. The lowest BCUT2D eigenvalue weighted by Crippen LogP contribution is -2.02. The van der Waals surface area contributed by atoms with Crippen LogP contribution in [-0.4, -0.2) is 5.11 Å². The molecule has 100 valence electrons. The van der Waals surface area contributed by atoms with Gasteiger partial charge in [-0.15, -0.1) is 0 Å². The summed E-state index contributed by atoms with van der Waals surface area (Å²) in [6, 6.07) is 11.2. The standard InChI is InChI=1S/C14H10BrCl2IO/c15-10-3-1-8(11(16)7-10)6-14(19)9-2-4-13(18)12(17)5-9/h1-5,7,14,19H,6H2. The molecule has 0 saturated heterocycles. The summed E-state index contributed by atoms with van der Waals surface area (Å²) in [5.41, 5.74) is 1.71. The Morgan fingerprint density at radius 2 is 1.84 bits per heavy atom. The second-order valence-corrected chi connectivity index (χ2v) is 7.02. The van der Waals surface area contributed by atoms with Gasteiger partial charge >= 0.3 is 0 Å². The minimum atomic E-state index is -0.617. The predicted molar refractivity (Wildman–Crippen MR) is 92.0 cm³/mol. The van der Waals surface area contributed by atoms with Crippen LogP contribution in [0.4, 0.5) is 0 Å². The van der Waals surface area contributed by atoms with Gasteiger partial charge in [-0.3, -0.25) is 0 Å². The molecule has 0 radical (unpaired) electrons. The Bertz CT molecular complexity index is 604. The summed E-state index contributed by atoms with van der Waals surface area (Å²) in [5, 5.41) is 11.5. The first-order chi connectivity index (χ1) is 8.97. The van der Waals surface area contributed by atoms with E-state index in [1.54, 1.807) is 6.07 Å². The van der Waals surface area contributed by atoms with Crippen molar-refractivity contribution in [2.45, 2.75) is 12.5 Å². The molecule has 1 atom stereocenters. The van der Waals surface area contributed by atoms with Gasteiger partial charge in [0, 0.05) is 19.5 Å². The van der Waals surface area contributed by atoms with Crippen LogP contribution in [0.25, 0.3) is 0 Å². The van der Waals surface area contributed by atoms with Crippen molar-refractivity contribution in [1.29, 1.82) is 0 Å². The summed E-state index contributed by atoms with van der Waals surface area (Å²) in [6.45, 7) is 0. The van der Waals surface area contributed by atoms with Crippen molar-refractivity contribution < 1.29 is 5.11 Å². The van der Waals surface area contributed by atoms with Crippen LogP contribution in [0, 0.1) is 3.57 Å². The molecule has 1 unspecified atom stereocenters. The van der Waals surface area contributed by atoms with Crippen LogP contribution in [0.1, 0.15) is 17.2 Å². The Labute approximate surface area is 144 Å². The second kappa shape index (κ2) is 6.76. The topological polar surface area (TPSA) is 20.2 Å². The molecule has 1 nitrogen and oxygen atoms in total. The molecule has 0 aromatic heterocycles. The van der Waals surface area contributed by atoms with Gasteiger partial charge in [0.15, 0.2) is 0 Å². The van der Waals surface area contributed by atoms with Crippen LogP contribution in [0.15, 0.2) is 40.9 Å². The zero-order valence-corrected chi connectivity index (χ0v) is 15.0. The van der Waals surface area contributed by atoms with Gasteiger partial charge < -0.3 is 5.11 Å². The van der Waals surface area contributed by atoms with E-state index in [1.807, 2.05) is 30.3 Å². The Morgan fingerprint density at radius 1 is 1.11 bits per heavy atom. The van der Waals surface area contributed by atoms with E-state index in [0.29, 0.717) is 16.5 Å². The number of benzene rings is 2. The molecule has 0 heterocycles. The highest BCUT2D eigenvalue weighted by Crippen LogP contribution is 2.28. The average Bonchev–Trinajstić information content (AvgIpc) is 2.36. The van der Waals surface area contributed by atoms with Crippen LogP contribution in [-0.2, 0) is 6.42 Å². The first kappa shape index (κ1) is 15.6. The van der Waals surface area contributed by atoms with Gasteiger partial charge in [-0.05, 0) is 58.0 Å². The monoisotopic (exact) mass is 470 g/mol. The minimum absolute atomic E-state index is 0.461. The fourth-order valence-corrected chi connectivity index (χ4v) is 3.01. The Morgan fingerprint density at radius 3 is 2.47 bits per heavy atom. The van der Waals surface area contributed by atoms with Crippen LogP contribution in [0.3, 0.4) is 0 Å². The molecule has 0 amide bonds. The van der Waals surface area contributed by atoms with Crippen molar-refractivity contribution >= 4 is 61.7 Å². The number of rotatable bonds is 3. The van der Waals surface area contributed by atoms with Crippen molar-refractivity contribution in [3.63, 3.8) is 0 Å². The molecule has 0 spiro atoms. The highest BCUT2D eigenvalue weighted by Gasteiger charge is 2.12. The molecule has 2 aromatic carbocycles. The lowest BCUT2D eigenvalue weighted by molar-refractivity contribution is 0.178. The van der Waals surface area contributed by atoms with Crippen molar-refractivity contribution in [2.24, 2.45) is 0 Å². The van der Waals surface area contributed by atoms with Gasteiger partial charge in [0.05, 0.1) is 11.1 Å². The van der Waals surface area contributed by atoms with E-state index in [1.165, 1.54) is 0 Å². The summed E-state index contributed by atoms with van der Waals surface area (Å²) >= 11 is 17.7. The fourth-order valence-electron chi connectivity index (χ4n) is 1.73. The smallest absolute Gasteiger partial charge is 0.0831 e. The number of halogens is 4. The van der Waals surface area contributed by atoms with Crippen molar-refractivity contribution in [2.75, 3.05) is 0 Å². The van der Waals surface area contributed by atoms with Gasteiger partial charge in [0.25, 0.3) is 0 Å². The lowest BCUT2D eigenvalue weighted by atomic mass is 10.0. The van der Waals surface area contributed by atoms with Crippen LogP contribution in [0.2, 0.25) is 10.0 Å². The predicted octanol–water partition coefficient (Wildman–Crippen LogP) is 5.64. The Hall–Kier alpha value is 0.190. The lowest BCUT2D eigenvalue weighted by Gasteiger charge is -2.13. The summed E-state index contributed by atoms with van der Waals surface area (Å²) < 4.78 is 1.89. The number of hydrogen-bond acceptors (Lipinski definition) is 1. The normalized spacial score (nSPS) is 12.5. The van der Waals surface area contributed by atoms with Crippen molar-refractivity contribution in [3.05, 3.63) is 65.6 Å². The summed E-state index contributed by atoms with van der Waals surface area (Å²) in [4.78, 5) is 0. The third-order valence-corrected chi connectivity index (χ3v) is 5.17. The molecule has 1 N–H and O–H groups in total. The van der Waals surface area contributed by atoms with Gasteiger partial charge in [-0.1, -0.05) is 51.3 Å². The molecule has 0 aliphatic carbocycles. The van der Waals surface area contributed by atoms with E-state index in [0.717, 1.165) is 19.2 Å². The van der Waals surface area contributed by atoms with E-state index in [2.05, 4.69) is 38.5 Å². The molecule has 0 bridgehead atoms. The molecule has 2 rings (SSSR count). The van der Waals surface area contributed by atoms with Gasteiger partial charge in [0.1, 0.15) is 0 Å². The molecular weight excluding hydrogens is 462 g/mol. The number of hydrogen-bond donors (Lipinski definition) is 1. The Kier molecular flexibility index (Phi) is 5.55. The Balaban J connectivity index is 2.20. The van der Waals surface area contributed by atoms with E-state index in [9.17, 15) is 5.11 Å². The average molecular weight is 472 g/mol. The van der Waals surface area contributed by atoms with Gasteiger partial charge in [-0.2, -0.15) is 0 Å². The zero-order chi connectivity index (χ0) is 14.0. The zero-order valence-electron chi connectivity index (χ0n) is 9.71. The second-order valence-electron chi connectivity index (χ2n) is 4.13.